The molecule has 1 fully saturated rings. The monoisotopic (exact) mass is 301 g/mol. The van der Waals surface area contributed by atoms with Gasteiger partial charge in [0.05, 0.1) is 24.8 Å². The van der Waals surface area contributed by atoms with Crippen LogP contribution in [0.5, 0.6) is 0 Å². The molecule has 1 aromatic carbocycles. The van der Waals surface area contributed by atoms with Crippen LogP contribution in [-0.4, -0.2) is 56.8 Å². The largest absolute Gasteiger partial charge is 0.375 e. The number of rotatable bonds is 4. The summed E-state index contributed by atoms with van der Waals surface area (Å²) < 4.78 is 7.18. The van der Waals surface area contributed by atoms with Crippen LogP contribution in [0.15, 0.2) is 30.6 Å². The van der Waals surface area contributed by atoms with Crippen molar-refractivity contribution in [2.45, 2.75) is 25.9 Å². The number of amides is 1. The van der Waals surface area contributed by atoms with Gasteiger partial charge in [0.15, 0.2) is 0 Å². The molecule has 1 atom stereocenters. The van der Waals surface area contributed by atoms with E-state index >= 15 is 0 Å². The molecular formula is C15H19N5O2. The molecule has 7 heteroatoms. The van der Waals surface area contributed by atoms with Gasteiger partial charge in [0.1, 0.15) is 6.33 Å². The highest BCUT2D eigenvalue weighted by molar-refractivity contribution is 5.79. The second-order valence-electron chi connectivity index (χ2n) is 5.34. The zero-order valence-corrected chi connectivity index (χ0v) is 12.6. The lowest BCUT2D eigenvalue weighted by molar-refractivity contribution is -0.138. The minimum atomic E-state index is 0.150. The lowest BCUT2D eigenvalue weighted by atomic mass is 10.1. The molecule has 0 spiro atoms. The number of benzene rings is 1. The molecule has 0 radical (unpaired) electrons. The molecule has 1 saturated heterocycles. The van der Waals surface area contributed by atoms with Gasteiger partial charge >= 0.3 is 0 Å². The number of hydrogen-bond acceptors (Lipinski definition) is 5. The molecule has 0 aliphatic carbocycles. The fraction of sp³-hybridized carbons (Fsp3) is 0.467. The molecule has 1 aromatic heterocycles. The van der Waals surface area contributed by atoms with Gasteiger partial charge in [-0.25, -0.2) is 4.68 Å². The molecule has 1 unspecified atom stereocenters. The van der Waals surface area contributed by atoms with Crippen molar-refractivity contribution in [1.82, 2.24) is 25.1 Å². The normalized spacial score (nSPS) is 18.4. The molecule has 0 N–H and O–H groups in total. The van der Waals surface area contributed by atoms with E-state index in [-0.39, 0.29) is 12.0 Å². The summed E-state index contributed by atoms with van der Waals surface area (Å²) in [4.78, 5) is 14.3. The Bertz CT molecular complexity index is 611. The van der Waals surface area contributed by atoms with Crippen molar-refractivity contribution in [3.63, 3.8) is 0 Å². The smallest absolute Gasteiger partial charge is 0.227 e. The number of tetrazole rings is 1. The van der Waals surface area contributed by atoms with Crippen LogP contribution in [0.1, 0.15) is 18.9 Å². The number of ether oxygens (including phenoxy) is 1. The molecule has 1 aliphatic heterocycles. The van der Waals surface area contributed by atoms with E-state index in [0.29, 0.717) is 26.1 Å². The number of morpholine rings is 1. The van der Waals surface area contributed by atoms with Crippen LogP contribution in [0.25, 0.3) is 5.69 Å². The summed E-state index contributed by atoms with van der Waals surface area (Å²) >= 11 is 0. The third-order valence-electron chi connectivity index (χ3n) is 3.85. The molecule has 0 bridgehead atoms. The first-order valence-corrected chi connectivity index (χ1v) is 7.48. The molecule has 3 rings (SSSR count). The summed E-state index contributed by atoms with van der Waals surface area (Å²) in [6.45, 7) is 4.08. The van der Waals surface area contributed by atoms with Gasteiger partial charge < -0.3 is 9.64 Å². The molecule has 2 aromatic rings. The zero-order chi connectivity index (χ0) is 15.4. The van der Waals surface area contributed by atoms with Gasteiger partial charge in [0.2, 0.25) is 5.91 Å². The van der Waals surface area contributed by atoms with Crippen LogP contribution in [-0.2, 0) is 16.0 Å². The lowest BCUT2D eigenvalue weighted by Crippen LogP contribution is -2.45. The first kappa shape index (κ1) is 14.6. The van der Waals surface area contributed by atoms with Gasteiger partial charge in [0, 0.05) is 13.1 Å². The summed E-state index contributed by atoms with van der Waals surface area (Å²) in [5, 5.41) is 11.0. The summed E-state index contributed by atoms with van der Waals surface area (Å²) in [6.07, 6.45) is 3.05. The highest BCUT2D eigenvalue weighted by Crippen LogP contribution is 2.12. The van der Waals surface area contributed by atoms with E-state index in [2.05, 4.69) is 22.4 Å². The van der Waals surface area contributed by atoms with E-state index < -0.39 is 0 Å². The van der Waals surface area contributed by atoms with Crippen molar-refractivity contribution in [2.24, 2.45) is 0 Å². The maximum atomic E-state index is 12.4. The van der Waals surface area contributed by atoms with Gasteiger partial charge in [-0.2, -0.15) is 0 Å². The number of aromatic nitrogens is 4. The fourth-order valence-electron chi connectivity index (χ4n) is 2.53. The van der Waals surface area contributed by atoms with Gasteiger partial charge in [-0.15, -0.1) is 5.10 Å². The molecule has 116 valence electrons. The quantitative estimate of drug-likeness (QED) is 0.837. The Morgan fingerprint density at radius 2 is 2.18 bits per heavy atom. The van der Waals surface area contributed by atoms with Crippen molar-refractivity contribution >= 4 is 5.91 Å². The van der Waals surface area contributed by atoms with Crippen molar-refractivity contribution in [3.8, 4) is 5.69 Å². The molecule has 0 saturated carbocycles. The number of nitrogens with zero attached hydrogens (tertiary/aromatic N) is 5. The molecule has 1 amide bonds. The third kappa shape index (κ3) is 3.30. The van der Waals surface area contributed by atoms with Crippen LogP contribution >= 0.6 is 0 Å². The van der Waals surface area contributed by atoms with Crippen LogP contribution in [0.4, 0.5) is 0 Å². The van der Waals surface area contributed by atoms with Crippen LogP contribution in [0, 0.1) is 0 Å². The summed E-state index contributed by atoms with van der Waals surface area (Å²) in [6, 6.07) is 7.69. The van der Waals surface area contributed by atoms with E-state index in [1.54, 1.807) is 11.0 Å². The highest BCUT2D eigenvalue weighted by Gasteiger charge is 2.22. The highest BCUT2D eigenvalue weighted by atomic mass is 16.5. The SMILES string of the molecule is CCC1CN(C(=O)Cc2ccc(-n3cnnn3)cc2)CCO1. The average molecular weight is 301 g/mol. The third-order valence-corrected chi connectivity index (χ3v) is 3.85. The van der Waals surface area contributed by atoms with Crippen LogP contribution < -0.4 is 0 Å². The number of hydrogen-bond donors (Lipinski definition) is 0. The molecule has 7 nitrogen and oxygen atoms in total. The van der Waals surface area contributed by atoms with Crippen molar-refractivity contribution in [3.05, 3.63) is 36.2 Å². The predicted molar refractivity (Wildman–Crippen MR) is 79.5 cm³/mol. The van der Waals surface area contributed by atoms with Crippen molar-refractivity contribution < 1.29 is 9.53 Å². The van der Waals surface area contributed by atoms with Gasteiger partial charge in [-0.3, -0.25) is 4.79 Å². The number of carbonyl (C=O) groups excluding carboxylic acids is 1. The van der Waals surface area contributed by atoms with E-state index in [4.69, 9.17) is 4.74 Å². The van der Waals surface area contributed by atoms with Gasteiger partial charge in [-0.05, 0) is 34.5 Å². The van der Waals surface area contributed by atoms with E-state index in [1.165, 1.54) is 0 Å². The average Bonchev–Trinajstić information content (AvgIpc) is 3.10. The Hall–Kier alpha value is -2.28. The maximum Gasteiger partial charge on any atom is 0.227 e. The number of carbonyl (C=O) groups is 1. The van der Waals surface area contributed by atoms with Crippen molar-refractivity contribution in [1.29, 1.82) is 0 Å². The molecular weight excluding hydrogens is 282 g/mol. The second kappa shape index (κ2) is 6.65. The standard InChI is InChI=1S/C15H19N5O2/c1-2-14-10-19(7-8-22-14)15(21)9-12-3-5-13(6-4-12)20-11-16-17-18-20/h3-6,11,14H,2,7-10H2,1H3. The minimum absolute atomic E-state index is 0.150. The van der Waals surface area contributed by atoms with E-state index in [9.17, 15) is 4.79 Å². The Labute approximate surface area is 128 Å². The summed E-state index contributed by atoms with van der Waals surface area (Å²) in [7, 11) is 0. The Morgan fingerprint density at radius 3 is 2.86 bits per heavy atom. The zero-order valence-electron chi connectivity index (χ0n) is 12.6. The molecule has 1 aliphatic rings. The summed E-state index contributed by atoms with van der Waals surface area (Å²) in [5.74, 6) is 0.150. The first-order chi connectivity index (χ1) is 10.8. The molecule has 22 heavy (non-hydrogen) atoms. The minimum Gasteiger partial charge on any atom is -0.375 e. The van der Waals surface area contributed by atoms with Gasteiger partial charge in [0.25, 0.3) is 0 Å². The fourth-order valence-corrected chi connectivity index (χ4v) is 2.53. The Balaban J connectivity index is 1.62. The Morgan fingerprint density at radius 1 is 1.36 bits per heavy atom. The Kier molecular flexibility index (Phi) is 4.43. The van der Waals surface area contributed by atoms with Crippen LogP contribution in [0.2, 0.25) is 0 Å². The topological polar surface area (TPSA) is 73.1 Å². The van der Waals surface area contributed by atoms with Crippen LogP contribution in [0.3, 0.4) is 0 Å². The van der Waals surface area contributed by atoms with Gasteiger partial charge in [-0.1, -0.05) is 19.1 Å². The van der Waals surface area contributed by atoms with E-state index in [0.717, 1.165) is 17.7 Å². The van der Waals surface area contributed by atoms with Crippen molar-refractivity contribution in [2.75, 3.05) is 19.7 Å². The lowest BCUT2D eigenvalue weighted by Gasteiger charge is -2.32. The maximum absolute atomic E-state index is 12.4. The molecule has 2 heterocycles. The summed E-state index contributed by atoms with van der Waals surface area (Å²) in [5.41, 5.74) is 1.86. The second-order valence-corrected chi connectivity index (χ2v) is 5.34. The van der Waals surface area contributed by atoms with E-state index in [1.807, 2.05) is 29.2 Å². The first-order valence-electron chi connectivity index (χ1n) is 7.48. The predicted octanol–water partition coefficient (Wildman–Crippen LogP) is 0.842.